The SMILES string of the molecule is CC(N)c1ccc(NC(=O)N(CC#N)CC#N)cc1. The predicted octanol–water partition coefficient (Wildman–Crippen LogP) is 1.59. The molecule has 3 N–H and O–H groups in total. The van der Waals surface area contributed by atoms with Crippen LogP contribution in [0.25, 0.3) is 0 Å². The quantitative estimate of drug-likeness (QED) is 0.798. The van der Waals surface area contributed by atoms with E-state index in [-0.39, 0.29) is 19.1 Å². The van der Waals surface area contributed by atoms with Crippen molar-refractivity contribution < 1.29 is 4.79 Å². The van der Waals surface area contributed by atoms with Gasteiger partial charge in [0.25, 0.3) is 0 Å². The van der Waals surface area contributed by atoms with Crippen molar-refractivity contribution in [2.45, 2.75) is 13.0 Å². The van der Waals surface area contributed by atoms with E-state index in [2.05, 4.69) is 5.32 Å². The van der Waals surface area contributed by atoms with E-state index in [1.165, 1.54) is 0 Å². The molecule has 0 aromatic heterocycles. The molecular weight excluding hydrogens is 242 g/mol. The second kappa shape index (κ2) is 7.00. The number of hydrogen-bond donors (Lipinski definition) is 2. The zero-order valence-electron chi connectivity index (χ0n) is 10.6. The van der Waals surface area contributed by atoms with Crippen LogP contribution in [0.2, 0.25) is 0 Å². The molecule has 0 radical (unpaired) electrons. The van der Waals surface area contributed by atoms with Crippen molar-refractivity contribution in [3.8, 4) is 12.1 Å². The number of nitrogens with zero attached hydrogens (tertiary/aromatic N) is 3. The van der Waals surface area contributed by atoms with Gasteiger partial charge in [0.1, 0.15) is 13.1 Å². The van der Waals surface area contributed by atoms with Crippen molar-refractivity contribution in [2.24, 2.45) is 5.73 Å². The van der Waals surface area contributed by atoms with Gasteiger partial charge in [-0.05, 0) is 24.6 Å². The van der Waals surface area contributed by atoms with Gasteiger partial charge in [-0.1, -0.05) is 12.1 Å². The lowest BCUT2D eigenvalue weighted by molar-refractivity contribution is 0.223. The molecule has 6 nitrogen and oxygen atoms in total. The molecule has 0 saturated heterocycles. The predicted molar refractivity (Wildman–Crippen MR) is 70.9 cm³/mol. The lowest BCUT2D eigenvalue weighted by Crippen LogP contribution is -2.35. The van der Waals surface area contributed by atoms with Gasteiger partial charge in [0.05, 0.1) is 12.1 Å². The lowest BCUT2D eigenvalue weighted by Gasteiger charge is -2.17. The summed E-state index contributed by atoms with van der Waals surface area (Å²) in [7, 11) is 0. The molecule has 0 fully saturated rings. The Bertz CT molecular complexity index is 493. The number of rotatable bonds is 4. The summed E-state index contributed by atoms with van der Waals surface area (Å²) in [4.78, 5) is 12.9. The first-order valence-corrected chi connectivity index (χ1v) is 5.74. The van der Waals surface area contributed by atoms with Crippen LogP contribution in [0.3, 0.4) is 0 Å². The van der Waals surface area contributed by atoms with E-state index in [4.69, 9.17) is 16.3 Å². The van der Waals surface area contributed by atoms with E-state index in [1.807, 2.05) is 31.2 Å². The Morgan fingerprint density at radius 3 is 2.26 bits per heavy atom. The average molecular weight is 257 g/mol. The van der Waals surface area contributed by atoms with Gasteiger partial charge in [-0.15, -0.1) is 0 Å². The number of nitriles is 2. The van der Waals surface area contributed by atoms with Crippen LogP contribution < -0.4 is 11.1 Å². The minimum Gasteiger partial charge on any atom is -0.324 e. The highest BCUT2D eigenvalue weighted by atomic mass is 16.2. The maximum absolute atomic E-state index is 11.8. The Balaban J connectivity index is 2.70. The molecule has 1 unspecified atom stereocenters. The Morgan fingerprint density at radius 1 is 1.32 bits per heavy atom. The van der Waals surface area contributed by atoms with Gasteiger partial charge in [-0.3, -0.25) is 4.90 Å². The third-order valence-electron chi connectivity index (χ3n) is 2.50. The Kier molecular flexibility index (Phi) is 5.34. The normalized spacial score (nSPS) is 10.9. The number of nitrogens with two attached hydrogens (primary N) is 1. The summed E-state index contributed by atoms with van der Waals surface area (Å²) in [5.41, 5.74) is 7.28. The van der Waals surface area contributed by atoms with Gasteiger partial charge in [-0.2, -0.15) is 10.5 Å². The van der Waals surface area contributed by atoms with Gasteiger partial charge < -0.3 is 11.1 Å². The fourth-order valence-electron chi connectivity index (χ4n) is 1.44. The lowest BCUT2D eigenvalue weighted by atomic mass is 10.1. The molecule has 0 spiro atoms. The van der Waals surface area contributed by atoms with Gasteiger partial charge in [0, 0.05) is 11.7 Å². The van der Waals surface area contributed by atoms with Crippen LogP contribution in [0.15, 0.2) is 24.3 Å². The van der Waals surface area contributed by atoms with Crippen molar-refractivity contribution in [1.29, 1.82) is 10.5 Å². The molecular formula is C13H15N5O. The first-order chi connectivity index (χ1) is 9.08. The molecule has 0 heterocycles. The molecule has 98 valence electrons. The van der Waals surface area contributed by atoms with Crippen molar-refractivity contribution in [1.82, 2.24) is 4.90 Å². The third kappa shape index (κ3) is 4.30. The number of hydrogen-bond acceptors (Lipinski definition) is 4. The zero-order valence-corrected chi connectivity index (χ0v) is 10.6. The molecule has 19 heavy (non-hydrogen) atoms. The number of anilines is 1. The smallest absolute Gasteiger partial charge is 0.323 e. The van der Waals surface area contributed by atoms with Crippen LogP contribution in [-0.2, 0) is 0 Å². The largest absolute Gasteiger partial charge is 0.324 e. The van der Waals surface area contributed by atoms with Gasteiger partial charge in [0.15, 0.2) is 0 Å². The zero-order chi connectivity index (χ0) is 14.3. The summed E-state index contributed by atoms with van der Waals surface area (Å²) in [6.45, 7) is 1.61. The first-order valence-electron chi connectivity index (χ1n) is 5.74. The van der Waals surface area contributed by atoms with Gasteiger partial charge in [-0.25, -0.2) is 4.79 Å². The maximum Gasteiger partial charge on any atom is 0.323 e. The molecule has 1 aromatic carbocycles. The third-order valence-corrected chi connectivity index (χ3v) is 2.50. The molecule has 2 amide bonds. The van der Waals surface area contributed by atoms with E-state index in [9.17, 15) is 4.79 Å². The van der Waals surface area contributed by atoms with Crippen LogP contribution in [-0.4, -0.2) is 24.0 Å². The van der Waals surface area contributed by atoms with Gasteiger partial charge in [0.2, 0.25) is 0 Å². The Morgan fingerprint density at radius 2 is 1.84 bits per heavy atom. The summed E-state index contributed by atoms with van der Waals surface area (Å²) < 4.78 is 0. The van der Waals surface area contributed by atoms with Crippen molar-refractivity contribution in [3.63, 3.8) is 0 Å². The highest BCUT2D eigenvalue weighted by Gasteiger charge is 2.12. The fourth-order valence-corrected chi connectivity index (χ4v) is 1.44. The molecule has 6 heteroatoms. The average Bonchev–Trinajstić information content (AvgIpc) is 2.39. The van der Waals surface area contributed by atoms with Crippen molar-refractivity contribution in [2.75, 3.05) is 18.4 Å². The molecule has 0 aliphatic heterocycles. The molecule has 1 atom stereocenters. The number of carbonyl (C=O) groups is 1. The fraction of sp³-hybridized carbons (Fsp3) is 0.308. The Hall–Kier alpha value is -2.57. The minimum atomic E-state index is -0.475. The molecule has 0 aliphatic rings. The summed E-state index contributed by atoms with van der Waals surface area (Å²) in [6.07, 6.45) is 0. The number of urea groups is 1. The van der Waals surface area contributed by atoms with E-state index in [0.717, 1.165) is 10.5 Å². The van der Waals surface area contributed by atoms with E-state index in [1.54, 1.807) is 12.1 Å². The Labute approximate surface area is 112 Å². The van der Waals surface area contributed by atoms with Crippen LogP contribution in [0.1, 0.15) is 18.5 Å². The van der Waals surface area contributed by atoms with Crippen LogP contribution in [0.4, 0.5) is 10.5 Å². The first kappa shape index (κ1) is 14.5. The van der Waals surface area contributed by atoms with E-state index < -0.39 is 6.03 Å². The standard InChI is InChI=1S/C13H15N5O/c1-10(16)11-2-4-12(5-3-11)17-13(19)18(8-6-14)9-7-15/h2-5,10H,8-9,16H2,1H3,(H,17,19). The van der Waals surface area contributed by atoms with Crippen molar-refractivity contribution in [3.05, 3.63) is 29.8 Å². The summed E-state index contributed by atoms with van der Waals surface area (Å²) in [5.74, 6) is 0. The summed E-state index contributed by atoms with van der Waals surface area (Å²) in [6, 6.07) is 10.2. The van der Waals surface area contributed by atoms with Crippen molar-refractivity contribution >= 4 is 11.7 Å². The monoisotopic (exact) mass is 257 g/mol. The highest BCUT2D eigenvalue weighted by Crippen LogP contribution is 2.14. The molecule has 0 bridgehead atoms. The topological polar surface area (TPSA) is 106 Å². The molecule has 0 aliphatic carbocycles. The summed E-state index contributed by atoms with van der Waals surface area (Å²) >= 11 is 0. The maximum atomic E-state index is 11.8. The van der Waals surface area contributed by atoms with Crippen LogP contribution in [0.5, 0.6) is 0 Å². The van der Waals surface area contributed by atoms with E-state index >= 15 is 0 Å². The summed E-state index contributed by atoms with van der Waals surface area (Å²) in [5, 5.41) is 19.8. The number of carbonyl (C=O) groups excluding carboxylic acids is 1. The second-order valence-electron chi connectivity index (χ2n) is 4.01. The van der Waals surface area contributed by atoms with Crippen LogP contribution >= 0.6 is 0 Å². The number of amides is 2. The molecule has 1 rings (SSSR count). The molecule has 0 saturated carbocycles. The van der Waals surface area contributed by atoms with Crippen LogP contribution in [0, 0.1) is 22.7 Å². The number of nitrogens with one attached hydrogen (secondary N) is 1. The van der Waals surface area contributed by atoms with E-state index in [0.29, 0.717) is 5.69 Å². The minimum absolute atomic E-state index is 0.0709. The highest BCUT2D eigenvalue weighted by molar-refractivity contribution is 5.89. The van der Waals surface area contributed by atoms with Gasteiger partial charge >= 0.3 is 6.03 Å². The number of benzene rings is 1. The second-order valence-corrected chi connectivity index (χ2v) is 4.01. The molecule has 1 aromatic rings.